The zero-order chi connectivity index (χ0) is 15.6. The number of ether oxygens (including phenoxy) is 1. The summed E-state index contributed by atoms with van der Waals surface area (Å²) in [6.45, 7) is 0.356. The lowest BCUT2D eigenvalue weighted by atomic mass is 10.2. The molecule has 114 valence electrons. The summed E-state index contributed by atoms with van der Waals surface area (Å²) in [5.41, 5.74) is 0.536. The molecule has 1 heterocycles. The van der Waals surface area contributed by atoms with E-state index in [0.29, 0.717) is 5.56 Å². The van der Waals surface area contributed by atoms with E-state index < -0.39 is 15.8 Å². The van der Waals surface area contributed by atoms with E-state index in [0.717, 1.165) is 0 Å². The molecule has 0 saturated heterocycles. The van der Waals surface area contributed by atoms with Crippen molar-refractivity contribution in [2.24, 2.45) is 4.99 Å². The van der Waals surface area contributed by atoms with Crippen LogP contribution in [0.5, 0.6) is 5.75 Å². The van der Waals surface area contributed by atoms with Crippen LogP contribution < -0.4 is 9.46 Å². The maximum Gasteiger partial charge on any atom is 0.263 e. The molecule has 22 heavy (non-hydrogen) atoms. The number of nitrogens with zero attached hydrogens (tertiary/aromatic N) is 1. The number of aliphatic imine (C=N–C) groups is 1. The average molecular weight is 320 g/mol. The van der Waals surface area contributed by atoms with E-state index in [1.807, 2.05) is 0 Å². The molecule has 0 radical (unpaired) electrons. The van der Waals surface area contributed by atoms with Crippen molar-refractivity contribution in [2.45, 2.75) is 4.90 Å². The normalized spacial score (nSPS) is 17.0. The smallest absolute Gasteiger partial charge is 0.263 e. The van der Waals surface area contributed by atoms with Crippen LogP contribution in [-0.4, -0.2) is 27.4 Å². The minimum absolute atomic E-state index is 0.147. The fourth-order valence-corrected chi connectivity index (χ4v) is 3.38. The summed E-state index contributed by atoms with van der Waals surface area (Å²) in [5.74, 6) is -0.00935. The Morgan fingerprint density at radius 3 is 2.64 bits per heavy atom. The number of halogens is 1. The number of sulfonamides is 1. The second kappa shape index (κ2) is 5.76. The SMILES string of the molecule is O=S1(=O)NC(=NCCOc2ccccc2F)c2ccccc21. The van der Waals surface area contributed by atoms with Crippen LogP contribution in [-0.2, 0) is 10.0 Å². The molecule has 0 aliphatic carbocycles. The van der Waals surface area contributed by atoms with E-state index in [-0.39, 0.29) is 29.6 Å². The van der Waals surface area contributed by atoms with Gasteiger partial charge in [-0.05, 0) is 24.3 Å². The first-order valence-electron chi connectivity index (χ1n) is 6.62. The van der Waals surface area contributed by atoms with E-state index in [4.69, 9.17) is 4.74 Å². The van der Waals surface area contributed by atoms with Gasteiger partial charge in [-0.25, -0.2) is 12.8 Å². The van der Waals surface area contributed by atoms with Crippen LogP contribution in [0.4, 0.5) is 4.39 Å². The van der Waals surface area contributed by atoms with Crippen molar-refractivity contribution in [3.8, 4) is 5.75 Å². The molecule has 0 unspecified atom stereocenters. The van der Waals surface area contributed by atoms with E-state index in [9.17, 15) is 12.8 Å². The highest BCUT2D eigenvalue weighted by Crippen LogP contribution is 2.22. The van der Waals surface area contributed by atoms with Gasteiger partial charge in [0.1, 0.15) is 12.4 Å². The third-order valence-corrected chi connectivity index (χ3v) is 4.52. The Bertz CT molecular complexity index is 834. The van der Waals surface area contributed by atoms with Gasteiger partial charge in [-0.15, -0.1) is 0 Å². The predicted molar refractivity (Wildman–Crippen MR) is 80.1 cm³/mol. The average Bonchev–Trinajstić information content (AvgIpc) is 2.77. The van der Waals surface area contributed by atoms with Crippen LogP contribution in [0.2, 0.25) is 0 Å². The molecular formula is C15H13FN2O3S. The van der Waals surface area contributed by atoms with Crippen molar-refractivity contribution in [3.05, 3.63) is 59.9 Å². The standard InChI is InChI=1S/C15H13FN2O3S/c16-12-6-2-3-7-13(12)21-10-9-17-15-11-5-1-4-8-14(11)22(19,20)18-15/h1-8H,9-10H2,(H,17,18). The second-order valence-corrected chi connectivity index (χ2v) is 6.26. The highest BCUT2D eigenvalue weighted by atomic mass is 32.2. The Hall–Kier alpha value is -2.41. The van der Waals surface area contributed by atoms with Crippen LogP contribution in [0.3, 0.4) is 0 Å². The zero-order valence-corrected chi connectivity index (χ0v) is 12.3. The van der Waals surface area contributed by atoms with Gasteiger partial charge in [0.25, 0.3) is 10.0 Å². The van der Waals surface area contributed by atoms with E-state index in [2.05, 4.69) is 9.71 Å². The van der Waals surface area contributed by atoms with Gasteiger partial charge in [-0.2, -0.15) is 0 Å². The van der Waals surface area contributed by atoms with Crippen LogP contribution in [0.25, 0.3) is 0 Å². The number of hydrogen-bond acceptors (Lipinski definition) is 4. The quantitative estimate of drug-likeness (QED) is 0.876. The van der Waals surface area contributed by atoms with Gasteiger partial charge < -0.3 is 4.74 Å². The molecule has 2 aromatic rings. The maximum atomic E-state index is 13.4. The van der Waals surface area contributed by atoms with Crippen molar-refractivity contribution < 1.29 is 17.5 Å². The Kier molecular flexibility index (Phi) is 3.81. The number of fused-ring (bicyclic) bond motifs is 1. The van der Waals surface area contributed by atoms with E-state index in [1.165, 1.54) is 18.2 Å². The Balaban J connectivity index is 1.69. The van der Waals surface area contributed by atoms with Gasteiger partial charge >= 0.3 is 0 Å². The first-order valence-corrected chi connectivity index (χ1v) is 8.10. The van der Waals surface area contributed by atoms with Gasteiger partial charge in [0.05, 0.1) is 11.4 Å². The van der Waals surface area contributed by atoms with E-state index >= 15 is 0 Å². The van der Waals surface area contributed by atoms with Gasteiger partial charge in [0, 0.05) is 5.56 Å². The monoisotopic (exact) mass is 320 g/mol. The number of nitrogens with one attached hydrogen (secondary N) is 1. The topological polar surface area (TPSA) is 67.8 Å². The van der Waals surface area contributed by atoms with Gasteiger partial charge in [0.15, 0.2) is 11.6 Å². The molecule has 0 bridgehead atoms. The van der Waals surface area contributed by atoms with Gasteiger partial charge in [0.2, 0.25) is 0 Å². The summed E-state index contributed by atoms with van der Waals surface area (Å²) in [6.07, 6.45) is 0. The third kappa shape index (κ3) is 2.80. The highest BCUT2D eigenvalue weighted by molar-refractivity contribution is 7.90. The van der Waals surface area contributed by atoms with Crippen molar-refractivity contribution in [3.63, 3.8) is 0 Å². The molecule has 0 aromatic heterocycles. The summed E-state index contributed by atoms with van der Waals surface area (Å²) in [5, 5.41) is 0. The van der Waals surface area contributed by atoms with Crippen molar-refractivity contribution in [1.29, 1.82) is 0 Å². The third-order valence-electron chi connectivity index (χ3n) is 3.12. The molecule has 3 rings (SSSR count). The summed E-state index contributed by atoms with van der Waals surface area (Å²) < 4.78 is 44.8. The zero-order valence-electron chi connectivity index (χ0n) is 11.5. The van der Waals surface area contributed by atoms with Gasteiger partial charge in [-0.3, -0.25) is 9.71 Å². The molecule has 5 nitrogen and oxygen atoms in total. The van der Waals surface area contributed by atoms with Crippen LogP contribution >= 0.6 is 0 Å². The maximum absolute atomic E-state index is 13.4. The van der Waals surface area contributed by atoms with Crippen LogP contribution in [0.1, 0.15) is 5.56 Å². The molecule has 1 aliphatic rings. The minimum Gasteiger partial charge on any atom is -0.489 e. The molecule has 0 amide bonds. The van der Waals surface area contributed by atoms with Crippen molar-refractivity contribution in [2.75, 3.05) is 13.2 Å². The Morgan fingerprint density at radius 1 is 1.09 bits per heavy atom. The lowest BCUT2D eigenvalue weighted by Crippen LogP contribution is -2.23. The highest BCUT2D eigenvalue weighted by Gasteiger charge is 2.29. The van der Waals surface area contributed by atoms with Crippen LogP contribution in [0, 0.1) is 5.82 Å². The first-order chi connectivity index (χ1) is 10.6. The number of benzene rings is 2. The number of rotatable bonds is 4. The molecule has 0 spiro atoms. The molecule has 7 heteroatoms. The number of amidine groups is 1. The predicted octanol–water partition coefficient (Wildman–Crippen LogP) is 1.94. The number of para-hydroxylation sites is 1. The van der Waals surface area contributed by atoms with Crippen molar-refractivity contribution >= 4 is 15.9 Å². The Morgan fingerprint density at radius 2 is 1.82 bits per heavy atom. The molecule has 0 saturated carbocycles. The molecule has 0 atom stereocenters. The van der Waals surface area contributed by atoms with E-state index in [1.54, 1.807) is 30.3 Å². The summed E-state index contributed by atoms with van der Waals surface area (Å²) in [4.78, 5) is 4.40. The fraction of sp³-hybridized carbons (Fsp3) is 0.133. The molecule has 1 aliphatic heterocycles. The summed E-state index contributed by atoms with van der Waals surface area (Å²) in [7, 11) is -3.53. The molecule has 2 aromatic carbocycles. The van der Waals surface area contributed by atoms with Crippen LogP contribution in [0.15, 0.2) is 58.4 Å². The Labute approximate surface area is 127 Å². The first kappa shape index (κ1) is 14.5. The summed E-state index contributed by atoms with van der Waals surface area (Å²) in [6, 6.07) is 12.7. The second-order valence-electron chi connectivity index (χ2n) is 4.61. The molecule has 1 N–H and O–H groups in total. The largest absolute Gasteiger partial charge is 0.489 e. The lowest BCUT2D eigenvalue weighted by molar-refractivity contribution is 0.311. The fourth-order valence-electron chi connectivity index (χ4n) is 2.13. The number of hydrogen-bond donors (Lipinski definition) is 1. The van der Waals surface area contributed by atoms with Gasteiger partial charge in [-0.1, -0.05) is 24.3 Å². The minimum atomic E-state index is -3.53. The summed E-state index contributed by atoms with van der Waals surface area (Å²) >= 11 is 0. The molecule has 0 fully saturated rings. The van der Waals surface area contributed by atoms with Crippen molar-refractivity contribution in [1.82, 2.24) is 4.72 Å². The lowest BCUT2D eigenvalue weighted by Gasteiger charge is -2.05. The molecular weight excluding hydrogens is 307 g/mol.